The third kappa shape index (κ3) is 17.4. The summed E-state index contributed by atoms with van der Waals surface area (Å²) in [6.45, 7) is -2.93. The maximum Gasteiger partial charge on any atom is 0.239 e. The number of rotatable bonds is 16. The molecule has 0 aromatic carbocycles. The van der Waals surface area contributed by atoms with Gasteiger partial charge in [-0.2, -0.15) is 0 Å². The first-order chi connectivity index (χ1) is 16.0. The van der Waals surface area contributed by atoms with Crippen molar-refractivity contribution < 1.29 is 38.4 Å². The van der Waals surface area contributed by atoms with Crippen molar-refractivity contribution >= 4 is 47.3 Å². The predicted octanol–water partition coefficient (Wildman–Crippen LogP) is -7.50. The highest BCUT2D eigenvalue weighted by Gasteiger charge is 2.11. The van der Waals surface area contributed by atoms with Crippen LogP contribution >= 0.6 is 0 Å². The average molecular weight is 487 g/mol. The van der Waals surface area contributed by atoms with Gasteiger partial charge >= 0.3 is 0 Å². The predicted molar refractivity (Wildman–Crippen MR) is 114 cm³/mol. The molecule has 0 heterocycles. The van der Waals surface area contributed by atoms with Crippen LogP contribution in [0.1, 0.15) is 0 Å². The quantitative estimate of drug-likeness (QED) is 0.0999. The van der Waals surface area contributed by atoms with Crippen molar-refractivity contribution in [3.63, 3.8) is 0 Å². The van der Waals surface area contributed by atoms with Crippen molar-refractivity contribution in [1.29, 1.82) is 0 Å². The Labute approximate surface area is 194 Å². The largest absolute Gasteiger partial charge is 0.368 e. The molecule has 0 aromatic rings. The molecular weight excluding hydrogens is 458 g/mol. The number of carbonyl (C=O) groups is 8. The molecule has 34 heavy (non-hydrogen) atoms. The highest BCUT2D eigenvalue weighted by molar-refractivity contribution is 5.92. The van der Waals surface area contributed by atoms with E-state index in [9.17, 15) is 38.4 Å². The number of hydrogen-bond donors (Lipinski definition) is 9. The standard InChI is InChI=1S/C17H29N9O8/c1-19-3-11(28)21-5-13(30)23-7-15(32)25-9-17(34)26-8-16(33)24-6-14(31)22-4-12(29)20-2-10(18)27/h19H,2-9H2,1H3,(H2,18,27)(H,20,29)(H,21,28)(H,22,31)(H,23,30)(H,24,33)(H,25,32)(H,26,34). The molecule has 0 unspecified atom stereocenters. The lowest BCUT2D eigenvalue weighted by molar-refractivity contribution is -0.129. The zero-order valence-corrected chi connectivity index (χ0v) is 18.5. The molecule has 0 bridgehead atoms. The minimum absolute atomic E-state index is 0.0342. The van der Waals surface area contributed by atoms with E-state index < -0.39 is 80.0 Å². The second-order valence-corrected chi connectivity index (χ2v) is 6.43. The van der Waals surface area contributed by atoms with E-state index in [2.05, 4.69) is 42.5 Å². The molecule has 0 saturated carbocycles. The molecule has 0 radical (unpaired) electrons. The summed E-state index contributed by atoms with van der Waals surface area (Å²) in [5.41, 5.74) is 4.84. The lowest BCUT2D eigenvalue weighted by Crippen LogP contribution is -2.47. The Hall–Kier alpha value is -4.28. The number of carbonyl (C=O) groups excluding carboxylic acids is 8. The first kappa shape index (κ1) is 29.7. The van der Waals surface area contributed by atoms with Crippen molar-refractivity contribution in [1.82, 2.24) is 42.5 Å². The number of nitrogens with two attached hydrogens (primary N) is 1. The topological polar surface area (TPSA) is 259 Å². The number of primary amides is 1. The summed E-state index contributed by atoms with van der Waals surface area (Å²) in [5, 5.41) is 18.1. The van der Waals surface area contributed by atoms with Gasteiger partial charge in [-0.1, -0.05) is 0 Å². The van der Waals surface area contributed by atoms with Crippen LogP contribution < -0.4 is 48.3 Å². The molecule has 0 aliphatic heterocycles. The maximum absolute atomic E-state index is 11.7. The highest BCUT2D eigenvalue weighted by atomic mass is 16.2. The molecule has 10 N–H and O–H groups in total. The van der Waals surface area contributed by atoms with Gasteiger partial charge in [0.15, 0.2) is 0 Å². The van der Waals surface area contributed by atoms with Crippen LogP contribution in [0.5, 0.6) is 0 Å². The van der Waals surface area contributed by atoms with Crippen molar-refractivity contribution in [3.8, 4) is 0 Å². The van der Waals surface area contributed by atoms with E-state index in [0.717, 1.165) is 0 Å². The van der Waals surface area contributed by atoms with Crippen molar-refractivity contribution in [2.75, 3.05) is 59.4 Å². The molecule has 0 fully saturated rings. The number of likely N-dealkylation sites (N-methyl/N-ethyl adjacent to an activating group) is 1. The van der Waals surface area contributed by atoms with Gasteiger partial charge in [0.25, 0.3) is 0 Å². The maximum atomic E-state index is 11.7. The number of hydrogen-bond acceptors (Lipinski definition) is 9. The van der Waals surface area contributed by atoms with Crippen LogP contribution in [0.3, 0.4) is 0 Å². The number of nitrogens with one attached hydrogen (secondary N) is 8. The molecule has 0 aliphatic rings. The van der Waals surface area contributed by atoms with Crippen LogP contribution in [-0.2, 0) is 38.4 Å². The molecule has 0 saturated heterocycles. The molecule has 17 heteroatoms. The van der Waals surface area contributed by atoms with Gasteiger partial charge in [0.05, 0.1) is 52.4 Å². The van der Waals surface area contributed by atoms with Gasteiger partial charge in [0.1, 0.15) is 0 Å². The minimum Gasteiger partial charge on any atom is -0.368 e. The summed E-state index contributed by atoms with van der Waals surface area (Å²) in [4.78, 5) is 90.9. The Bertz CT molecular complexity index is 787. The molecule has 8 amide bonds. The molecule has 0 aliphatic carbocycles. The van der Waals surface area contributed by atoms with E-state index in [4.69, 9.17) is 5.73 Å². The first-order valence-electron chi connectivity index (χ1n) is 9.83. The van der Waals surface area contributed by atoms with E-state index in [-0.39, 0.29) is 19.6 Å². The molecule has 0 atom stereocenters. The van der Waals surface area contributed by atoms with E-state index in [0.29, 0.717) is 0 Å². The van der Waals surface area contributed by atoms with Crippen LogP contribution in [0.4, 0.5) is 0 Å². The van der Waals surface area contributed by atoms with Crippen LogP contribution in [0.2, 0.25) is 0 Å². The Morgan fingerprint density at radius 3 is 0.824 bits per heavy atom. The molecule has 190 valence electrons. The summed E-state index contributed by atoms with van der Waals surface area (Å²) >= 11 is 0. The Morgan fingerprint density at radius 2 is 0.618 bits per heavy atom. The van der Waals surface area contributed by atoms with Crippen LogP contribution in [-0.4, -0.2) is 107 Å². The van der Waals surface area contributed by atoms with Crippen molar-refractivity contribution in [3.05, 3.63) is 0 Å². The minimum atomic E-state index is -0.747. The zero-order chi connectivity index (χ0) is 25.9. The fourth-order valence-electron chi connectivity index (χ4n) is 1.86. The monoisotopic (exact) mass is 487 g/mol. The van der Waals surface area contributed by atoms with Gasteiger partial charge < -0.3 is 48.3 Å². The summed E-state index contributed by atoms with van der Waals surface area (Å²) < 4.78 is 0. The second-order valence-electron chi connectivity index (χ2n) is 6.43. The van der Waals surface area contributed by atoms with Gasteiger partial charge in [0.2, 0.25) is 47.3 Å². The van der Waals surface area contributed by atoms with Crippen molar-refractivity contribution in [2.45, 2.75) is 0 Å². The SMILES string of the molecule is CNCC(=O)NCC(=O)NCC(=O)NCC(=O)NCC(=O)NCC(=O)NCC(=O)NCC(N)=O. The lowest BCUT2D eigenvalue weighted by Gasteiger charge is -2.09. The Kier molecular flexibility index (Phi) is 15.1. The van der Waals surface area contributed by atoms with Gasteiger partial charge in [-0.05, 0) is 7.05 Å². The van der Waals surface area contributed by atoms with Gasteiger partial charge in [-0.25, -0.2) is 0 Å². The third-order valence-corrected chi connectivity index (χ3v) is 3.47. The number of amides is 8. The van der Waals surface area contributed by atoms with Gasteiger partial charge in [0, 0.05) is 0 Å². The summed E-state index contributed by atoms with van der Waals surface area (Å²) in [6.07, 6.45) is 0. The highest BCUT2D eigenvalue weighted by Crippen LogP contribution is 1.73. The van der Waals surface area contributed by atoms with Crippen LogP contribution in [0.15, 0.2) is 0 Å². The normalized spacial score (nSPS) is 9.68. The fraction of sp³-hybridized carbons (Fsp3) is 0.529. The smallest absolute Gasteiger partial charge is 0.239 e. The van der Waals surface area contributed by atoms with E-state index in [1.54, 1.807) is 7.05 Å². The zero-order valence-electron chi connectivity index (χ0n) is 18.5. The van der Waals surface area contributed by atoms with E-state index in [1.807, 2.05) is 0 Å². The van der Waals surface area contributed by atoms with Gasteiger partial charge in [-0.15, -0.1) is 0 Å². The summed E-state index contributed by atoms with van der Waals surface area (Å²) in [6, 6.07) is 0. The molecule has 0 spiro atoms. The van der Waals surface area contributed by atoms with Crippen molar-refractivity contribution in [2.24, 2.45) is 5.73 Å². The Morgan fingerprint density at radius 1 is 0.412 bits per heavy atom. The molecule has 17 nitrogen and oxygen atoms in total. The molecule has 0 rings (SSSR count). The van der Waals surface area contributed by atoms with Gasteiger partial charge in [-0.3, -0.25) is 38.4 Å². The Balaban J connectivity index is 3.90. The summed E-state index contributed by atoms with van der Waals surface area (Å²) in [7, 11) is 1.56. The first-order valence-corrected chi connectivity index (χ1v) is 9.83. The average Bonchev–Trinajstić information content (AvgIpc) is 2.79. The molecular formula is C17H29N9O8. The van der Waals surface area contributed by atoms with Crippen LogP contribution in [0, 0.1) is 0 Å². The second kappa shape index (κ2) is 17.3. The fourth-order valence-corrected chi connectivity index (χ4v) is 1.86. The third-order valence-electron chi connectivity index (χ3n) is 3.47. The lowest BCUT2D eigenvalue weighted by atomic mass is 10.4. The summed E-state index contributed by atoms with van der Waals surface area (Å²) in [5.74, 6) is -5.17. The molecule has 0 aromatic heterocycles. The van der Waals surface area contributed by atoms with E-state index >= 15 is 0 Å². The van der Waals surface area contributed by atoms with Crippen LogP contribution in [0.25, 0.3) is 0 Å². The van der Waals surface area contributed by atoms with E-state index in [1.165, 1.54) is 0 Å².